The van der Waals surface area contributed by atoms with Crippen LogP contribution in [0, 0.1) is 0 Å². The maximum atomic E-state index is 12.5. The standard InChI is InChI=1S/C24H24N2O4/c1-2-30-23(28)20-10-5-8-18(15-20)19-9-6-11-21(16-19)25-24(29)26-22-12-4-3-7-17(22)13-14-27/h3-12,15-16,27H,2,13-14H2,1H3,(H2,25,26,29). The van der Waals surface area contributed by atoms with Crippen molar-refractivity contribution in [3.63, 3.8) is 0 Å². The molecule has 154 valence electrons. The van der Waals surface area contributed by atoms with Crippen molar-refractivity contribution in [1.82, 2.24) is 0 Å². The van der Waals surface area contributed by atoms with Gasteiger partial charge in [0.05, 0.1) is 12.2 Å². The molecule has 0 fully saturated rings. The van der Waals surface area contributed by atoms with Gasteiger partial charge in [-0.25, -0.2) is 9.59 Å². The molecule has 0 aromatic heterocycles. The number of benzene rings is 3. The molecule has 6 heteroatoms. The molecule has 0 spiro atoms. The molecule has 0 aliphatic carbocycles. The summed E-state index contributed by atoms with van der Waals surface area (Å²) in [6, 6.07) is 21.5. The zero-order valence-electron chi connectivity index (χ0n) is 16.7. The third-order valence-electron chi connectivity index (χ3n) is 4.47. The number of aliphatic hydroxyl groups is 1. The summed E-state index contributed by atoms with van der Waals surface area (Å²) in [5.41, 5.74) is 4.32. The van der Waals surface area contributed by atoms with Gasteiger partial charge < -0.3 is 20.5 Å². The van der Waals surface area contributed by atoms with Crippen LogP contribution in [-0.2, 0) is 11.2 Å². The molecule has 3 aromatic carbocycles. The van der Waals surface area contributed by atoms with Gasteiger partial charge in [-0.05, 0) is 60.4 Å². The lowest BCUT2D eigenvalue weighted by Gasteiger charge is -2.12. The second-order valence-electron chi connectivity index (χ2n) is 6.59. The summed E-state index contributed by atoms with van der Waals surface area (Å²) in [5.74, 6) is -0.366. The number of aliphatic hydroxyl groups excluding tert-OH is 1. The summed E-state index contributed by atoms with van der Waals surface area (Å²) in [6.45, 7) is 2.09. The molecule has 3 rings (SSSR count). The minimum atomic E-state index is -0.377. The number of para-hydroxylation sites is 1. The lowest BCUT2D eigenvalue weighted by Crippen LogP contribution is -2.20. The average Bonchev–Trinajstić information content (AvgIpc) is 2.76. The Morgan fingerprint density at radius 2 is 1.63 bits per heavy atom. The fourth-order valence-electron chi connectivity index (χ4n) is 3.08. The van der Waals surface area contributed by atoms with Crippen molar-refractivity contribution in [2.24, 2.45) is 0 Å². The molecule has 6 nitrogen and oxygen atoms in total. The summed E-state index contributed by atoms with van der Waals surface area (Å²) >= 11 is 0. The highest BCUT2D eigenvalue weighted by molar-refractivity contribution is 6.00. The van der Waals surface area contributed by atoms with E-state index < -0.39 is 0 Å². The molecular weight excluding hydrogens is 380 g/mol. The van der Waals surface area contributed by atoms with E-state index in [4.69, 9.17) is 4.74 Å². The van der Waals surface area contributed by atoms with E-state index in [2.05, 4.69) is 10.6 Å². The number of carbonyl (C=O) groups is 2. The molecule has 0 aliphatic rings. The van der Waals surface area contributed by atoms with Crippen molar-refractivity contribution in [3.8, 4) is 11.1 Å². The first-order valence-electron chi connectivity index (χ1n) is 9.75. The molecule has 0 bridgehead atoms. The van der Waals surface area contributed by atoms with Gasteiger partial charge in [-0.2, -0.15) is 0 Å². The summed E-state index contributed by atoms with van der Waals surface area (Å²) in [5, 5.41) is 14.8. The van der Waals surface area contributed by atoms with Crippen LogP contribution in [0.4, 0.5) is 16.2 Å². The van der Waals surface area contributed by atoms with Crippen molar-refractivity contribution >= 4 is 23.4 Å². The van der Waals surface area contributed by atoms with Gasteiger partial charge in [-0.1, -0.05) is 42.5 Å². The Morgan fingerprint density at radius 3 is 2.40 bits per heavy atom. The average molecular weight is 404 g/mol. The Labute approximate surface area is 175 Å². The molecule has 0 unspecified atom stereocenters. The van der Waals surface area contributed by atoms with Crippen LogP contribution in [0.1, 0.15) is 22.8 Å². The largest absolute Gasteiger partial charge is 0.462 e. The van der Waals surface area contributed by atoms with E-state index in [0.29, 0.717) is 30.0 Å². The maximum Gasteiger partial charge on any atom is 0.338 e. The van der Waals surface area contributed by atoms with Crippen molar-refractivity contribution in [1.29, 1.82) is 0 Å². The van der Waals surface area contributed by atoms with Crippen molar-refractivity contribution in [3.05, 3.63) is 83.9 Å². The number of hydrogen-bond donors (Lipinski definition) is 3. The van der Waals surface area contributed by atoms with Crippen molar-refractivity contribution in [2.45, 2.75) is 13.3 Å². The van der Waals surface area contributed by atoms with Gasteiger partial charge in [0, 0.05) is 18.0 Å². The van der Waals surface area contributed by atoms with E-state index >= 15 is 0 Å². The van der Waals surface area contributed by atoms with Crippen LogP contribution in [0.5, 0.6) is 0 Å². The Hall–Kier alpha value is -3.64. The lowest BCUT2D eigenvalue weighted by atomic mass is 10.0. The third kappa shape index (κ3) is 5.46. The van der Waals surface area contributed by atoms with Gasteiger partial charge in [-0.15, -0.1) is 0 Å². The highest BCUT2D eigenvalue weighted by Crippen LogP contribution is 2.24. The topological polar surface area (TPSA) is 87.7 Å². The van der Waals surface area contributed by atoms with E-state index in [1.807, 2.05) is 42.5 Å². The molecule has 3 aromatic rings. The second-order valence-corrected chi connectivity index (χ2v) is 6.59. The number of hydrogen-bond acceptors (Lipinski definition) is 4. The van der Waals surface area contributed by atoms with Crippen LogP contribution < -0.4 is 10.6 Å². The second kappa shape index (κ2) is 10.2. The number of ether oxygens (including phenoxy) is 1. The van der Waals surface area contributed by atoms with E-state index in [9.17, 15) is 14.7 Å². The Bertz CT molecular complexity index is 1030. The fraction of sp³-hybridized carbons (Fsp3) is 0.167. The zero-order valence-corrected chi connectivity index (χ0v) is 16.7. The SMILES string of the molecule is CCOC(=O)c1cccc(-c2cccc(NC(=O)Nc3ccccc3CCO)c2)c1. The van der Waals surface area contributed by atoms with Crippen molar-refractivity contribution < 1.29 is 19.4 Å². The summed E-state index contributed by atoms with van der Waals surface area (Å²) < 4.78 is 5.06. The van der Waals surface area contributed by atoms with Crippen LogP contribution in [0.15, 0.2) is 72.8 Å². The van der Waals surface area contributed by atoms with E-state index in [0.717, 1.165) is 16.7 Å². The molecule has 2 amide bonds. The number of amides is 2. The van der Waals surface area contributed by atoms with E-state index in [-0.39, 0.29) is 18.6 Å². The van der Waals surface area contributed by atoms with Gasteiger partial charge in [0.1, 0.15) is 0 Å². The van der Waals surface area contributed by atoms with Gasteiger partial charge in [0.15, 0.2) is 0 Å². The highest BCUT2D eigenvalue weighted by atomic mass is 16.5. The smallest absolute Gasteiger partial charge is 0.338 e. The normalized spacial score (nSPS) is 10.3. The van der Waals surface area contributed by atoms with Crippen molar-refractivity contribution in [2.75, 3.05) is 23.8 Å². The van der Waals surface area contributed by atoms with Crippen LogP contribution in [0.25, 0.3) is 11.1 Å². The molecule has 30 heavy (non-hydrogen) atoms. The minimum Gasteiger partial charge on any atom is -0.462 e. The summed E-state index contributed by atoms with van der Waals surface area (Å²) in [6.07, 6.45) is 0.461. The molecule has 0 atom stereocenters. The predicted molar refractivity (Wildman–Crippen MR) is 118 cm³/mol. The monoisotopic (exact) mass is 404 g/mol. The third-order valence-corrected chi connectivity index (χ3v) is 4.47. The Morgan fingerprint density at radius 1 is 0.900 bits per heavy atom. The van der Waals surface area contributed by atoms with Crippen LogP contribution in [-0.4, -0.2) is 30.3 Å². The van der Waals surface area contributed by atoms with Gasteiger partial charge in [0.2, 0.25) is 0 Å². The molecule has 0 radical (unpaired) electrons. The Kier molecular flexibility index (Phi) is 7.19. The molecule has 0 aliphatic heterocycles. The van der Waals surface area contributed by atoms with Gasteiger partial charge in [-0.3, -0.25) is 0 Å². The van der Waals surface area contributed by atoms with E-state index in [1.165, 1.54) is 0 Å². The van der Waals surface area contributed by atoms with Gasteiger partial charge in [0.25, 0.3) is 0 Å². The quantitative estimate of drug-likeness (QED) is 0.498. The molecular formula is C24H24N2O4. The molecule has 0 heterocycles. The number of nitrogens with one attached hydrogen (secondary N) is 2. The summed E-state index contributed by atoms with van der Waals surface area (Å²) in [4.78, 5) is 24.4. The zero-order chi connectivity index (χ0) is 21.3. The first kappa shape index (κ1) is 21.1. The lowest BCUT2D eigenvalue weighted by molar-refractivity contribution is 0.0526. The number of esters is 1. The summed E-state index contributed by atoms with van der Waals surface area (Å²) in [7, 11) is 0. The number of urea groups is 1. The number of anilines is 2. The number of carbonyl (C=O) groups excluding carboxylic acids is 2. The van der Waals surface area contributed by atoms with E-state index in [1.54, 1.807) is 37.3 Å². The van der Waals surface area contributed by atoms with Gasteiger partial charge >= 0.3 is 12.0 Å². The number of rotatable bonds is 7. The van der Waals surface area contributed by atoms with Crippen LogP contribution in [0.2, 0.25) is 0 Å². The maximum absolute atomic E-state index is 12.5. The molecule has 0 saturated carbocycles. The first-order chi connectivity index (χ1) is 14.6. The first-order valence-corrected chi connectivity index (χ1v) is 9.75. The van der Waals surface area contributed by atoms with Crippen LogP contribution in [0.3, 0.4) is 0 Å². The highest BCUT2D eigenvalue weighted by Gasteiger charge is 2.10. The molecule has 3 N–H and O–H groups in total. The fourth-order valence-corrected chi connectivity index (χ4v) is 3.08. The predicted octanol–water partition coefficient (Wildman–Crippen LogP) is 4.71. The minimum absolute atomic E-state index is 0.00716. The molecule has 0 saturated heterocycles. The van der Waals surface area contributed by atoms with Crippen LogP contribution >= 0.6 is 0 Å². The Balaban J connectivity index is 1.74.